The molecule has 0 bridgehead atoms. The van der Waals surface area contributed by atoms with Crippen LogP contribution in [0, 0.1) is 17.2 Å². The van der Waals surface area contributed by atoms with Crippen LogP contribution in [0.15, 0.2) is 17.3 Å². The van der Waals surface area contributed by atoms with E-state index in [0.717, 1.165) is 7.11 Å². The van der Waals surface area contributed by atoms with Crippen LogP contribution in [0.2, 0.25) is 0 Å². The van der Waals surface area contributed by atoms with Crippen LogP contribution in [-0.4, -0.2) is 74.3 Å². The van der Waals surface area contributed by atoms with E-state index in [1.807, 2.05) is 6.07 Å². The summed E-state index contributed by atoms with van der Waals surface area (Å²) < 4.78 is 26.6. The Morgan fingerprint density at radius 3 is 2.20 bits per heavy atom. The number of ether oxygens (including phenoxy) is 5. The van der Waals surface area contributed by atoms with E-state index in [2.05, 4.69) is 5.16 Å². The van der Waals surface area contributed by atoms with Crippen molar-refractivity contribution in [1.29, 1.82) is 5.26 Å². The fraction of sp³-hybridized carbons (Fsp3) is 0.522. The lowest BCUT2D eigenvalue weighted by Gasteiger charge is -2.27. The summed E-state index contributed by atoms with van der Waals surface area (Å²) in [6, 6.07) is 3.48. The van der Waals surface area contributed by atoms with Crippen molar-refractivity contribution >= 4 is 23.7 Å². The number of likely N-dealkylation sites (tertiary alicyclic amines) is 1. The van der Waals surface area contributed by atoms with Gasteiger partial charge in [0, 0.05) is 12.1 Å². The minimum absolute atomic E-state index is 0.0615. The van der Waals surface area contributed by atoms with Gasteiger partial charge < -0.3 is 28.5 Å². The van der Waals surface area contributed by atoms with E-state index < -0.39 is 47.6 Å². The average Bonchev–Trinajstić information content (AvgIpc) is 3.29. The fourth-order valence-corrected chi connectivity index (χ4v) is 4.19. The van der Waals surface area contributed by atoms with Crippen molar-refractivity contribution < 1.29 is 42.9 Å². The Hall–Kier alpha value is -4.01. The zero-order valence-corrected chi connectivity index (χ0v) is 20.5. The molecule has 3 rings (SSSR count). The van der Waals surface area contributed by atoms with Crippen LogP contribution < -0.4 is 14.2 Å². The van der Waals surface area contributed by atoms with Crippen molar-refractivity contribution in [2.75, 3.05) is 28.4 Å². The minimum Gasteiger partial charge on any atom is -0.496 e. The first-order valence-electron chi connectivity index (χ1n) is 10.6. The average molecular weight is 489 g/mol. The van der Waals surface area contributed by atoms with Crippen molar-refractivity contribution in [1.82, 2.24) is 4.90 Å². The van der Waals surface area contributed by atoms with Gasteiger partial charge in [-0.2, -0.15) is 5.26 Å². The predicted octanol–water partition coefficient (Wildman–Crippen LogP) is 2.03. The Labute approximate surface area is 202 Å². The van der Waals surface area contributed by atoms with Crippen molar-refractivity contribution in [3.63, 3.8) is 0 Å². The normalized spacial score (nSPS) is 23.0. The molecule has 0 aliphatic carbocycles. The van der Waals surface area contributed by atoms with Gasteiger partial charge in [-0.1, -0.05) is 5.16 Å². The maximum Gasteiger partial charge on any atom is 0.418 e. The van der Waals surface area contributed by atoms with Gasteiger partial charge in [-0.3, -0.25) is 4.79 Å². The number of methoxy groups -OCH3 is 4. The quantitative estimate of drug-likeness (QED) is 0.544. The van der Waals surface area contributed by atoms with Crippen LogP contribution in [0.5, 0.6) is 17.2 Å². The lowest BCUT2D eigenvalue weighted by molar-refractivity contribution is -0.151. The first-order chi connectivity index (χ1) is 16.5. The Balaban J connectivity index is 2.25. The second kappa shape index (κ2) is 9.32. The first kappa shape index (κ1) is 25.6. The summed E-state index contributed by atoms with van der Waals surface area (Å²) in [6.07, 6.45) is -1.59. The molecule has 3 atom stereocenters. The summed E-state index contributed by atoms with van der Waals surface area (Å²) in [5.41, 5.74) is -2.63. The molecule has 35 heavy (non-hydrogen) atoms. The molecule has 2 amide bonds. The molecule has 2 heterocycles. The number of nitrogens with zero attached hydrogens (tertiary/aromatic N) is 3. The number of carbonyl (C=O) groups is 3. The van der Waals surface area contributed by atoms with Gasteiger partial charge in [0.25, 0.3) is 5.91 Å². The maximum absolute atomic E-state index is 13.6. The van der Waals surface area contributed by atoms with E-state index in [1.54, 1.807) is 32.9 Å². The predicted molar refractivity (Wildman–Crippen MR) is 119 cm³/mol. The van der Waals surface area contributed by atoms with Gasteiger partial charge in [0.2, 0.25) is 5.60 Å². The molecule has 0 aromatic heterocycles. The molecule has 2 aliphatic heterocycles. The van der Waals surface area contributed by atoms with Crippen LogP contribution in [0.1, 0.15) is 32.8 Å². The molecule has 188 valence electrons. The number of fused-ring (bicyclic) bond motifs is 1. The number of oxime groups is 1. The molecule has 1 fully saturated rings. The van der Waals surface area contributed by atoms with E-state index in [9.17, 15) is 19.6 Å². The van der Waals surface area contributed by atoms with Crippen molar-refractivity contribution in [2.45, 2.75) is 44.4 Å². The first-order valence-corrected chi connectivity index (χ1v) is 10.6. The minimum atomic E-state index is -1.98. The van der Waals surface area contributed by atoms with E-state index in [1.165, 1.54) is 21.3 Å². The number of benzene rings is 1. The highest BCUT2D eigenvalue weighted by Crippen LogP contribution is 2.50. The highest BCUT2D eigenvalue weighted by atomic mass is 16.7. The Morgan fingerprint density at radius 1 is 1.14 bits per heavy atom. The third kappa shape index (κ3) is 4.18. The monoisotopic (exact) mass is 489 g/mol. The summed E-state index contributed by atoms with van der Waals surface area (Å²) in [4.78, 5) is 46.0. The SMILES string of the molecule is COC(=O)[C@@H]1C2C(c3c(OC)cc(OC)cc3OC)=NO[C@@]2(CC#N)C(=O)N1C(=O)OC(C)(C)C. The molecule has 0 N–H and O–H groups in total. The number of hydrogen-bond acceptors (Lipinski definition) is 11. The number of imide groups is 1. The summed E-state index contributed by atoms with van der Waals surface area (Å²) in [7, 11) is 5.39. The van der Waals surface area contributed by atoms with Gasteiger partial charge in [0.05, 0.1) is 52.4 Å². The van der Waals surface area contributed by atoms with Crippen LogP contribution >= 0.6 is 0 Å². The van der Waals surface area contributed by atoms with E-state index in [-0.39, 0.29) is 22.8 Å². The molecule has 0 spiro atoms. The number of rotatable bonds is 6. The number of carbonyl (C=O) groups excluding carboxylic acids is 3. The number of amides is 2. The number of nitriles is 1. The highest BCUT2D eigenvalue weighted by molar-refractivity contribution is 6.17. The smallest absolute Gasteiger partial charge is 0.418 e. The van der Waals surface area contributed by atoms with Crippen molar-refractivity contribution in [2.24, 2.45) is 11.1 Å². The zero-order valence-electron chi connectivity index (χ0n) is 20.5. The van der Waals surface area contributed by atoms with Gasteiger partial charge in [0.15, 0.2) is 6.04 Å². The third-order valence-electron chi connectivity index (χ3n) is 5.62. The zero-order chi connectivity index (χ0) is 26.1. The van der Waals surface area contributed by atoms with Crippen molar-refractivity contribution in [3.8, 4) is 23.3 Å². The van der Waals surface area contributed by atoms with E-state index >= 15 is 0 Å². The number of esters is 1. The Kier molecular flexibility index (Phi) is 6.82. The fourth-order valence-electron chi connectivity index (χ4n) is 4.19. The third-order valence-corrected chi connectivity index (χ3v) is 5.62. The van der Waals surface area contributed by atoms with E-state index in [0.29, 0.717) is 10.6 Å². The summed E-state index contributed by atoms with van der Waals surface area (Å²) in [5.74, 6) is -2.21. The molecule has 1 saturated heterocycles. The molecule has 0 radical (unpaired) electrons. The molecule has 1 aromatic carbocycles. The van der Waals surface area contributed by atoms with Gasteiger partial charge in [-0.15, -0.1) is 0 Å². The standard InChI is InChI=1S/C23H27N3O9/c1-22(2,3)34-21(29)26-18(19(27)33-7)16-17(25-35-23(16,8-9-24)20(26)28)15-13(31-5)10-12(30-4)11-14(15)32-6/h10-11,16,18H,8H2,1-7H3/t16?,18-,23+/m0/s1. The Morgan fingerprint density at radius 2 is 1.74 bits per heavy atom. The maximum atomic E-state index is 13.6. The molecule has 2 aliphatic rings. The van der Waals surface area contributed by atoms with Crippen LogP contribution in [-0.2, 0) is 23.9 Å². The van der Waals surface area contributed by atoms with Gasteiger partial charge in [0.1, 0.15) is 28.6 Å². The second-order valence-electron chi connectivity index (χ2n) is 8.80. The second-order valence-corrected chi connectivity index (χ2v) is 8.80. The largest absolute Gasteiger partial charge is 0.496 e. The lowest BCUT2D eigenvalue weighted by Crippen LogP contribution is -2.49. The highest BCUT2D eigenvalue weighted by Gasteiger charge is 2.71. The Bertz CT molecular complexity index is 1090. The van der Waals surface area contributed by atoms with Crippen molar-refractivity contribution in [3.05, 3.63) is 17.7 Å². The van der Waals surface area contributed by atoms with Crippen LogP contribution in [0.25, 0.3) is 0 Å². The molecule has 1 aromatic rings. The van der Waals surface area contributed by atoms with Crippen LogP contribution in [0.3, 0.4) is 0 Å². The van der Waals surface area contributed by atoms with Gasteiger partial charge >= 0.3 is 12.1 Å². The van der Waals surface area contributed by atoms with E-state index in [4.69, 9.17) is 28.5 Å². The lowest BCUT2D eigenvalue weighted by atomic mass is 9.78. The molecule has 0 saturated carbocycles. The summed E-state index contributed by atoms with van der Waals surface area (Å²) in [6.45, 7) is 4.84. The molecule has 12 heteroatoms. The molecular formula is C23H27N3O9. The summed E-state index contributed by atoms with van der Waals surface area (Å²) in [5, 5.41) is 13.7. The molecule has 12 nitrogen and oxygen atoms in total. The molecule has 1 unspecified atom stereocenters. The van der Waals surface area contributed by atoms with Gasteiger partial charge in [-0.05, 0) is 20.8 Å². The summed E-state index contributed by atoms with van der Waals surface area (Å²) >= 11 is 0. The molecular weight excluding hydrogens is 462 g/mol. The topological polar surface area (TPSA) is 146 Å². The van der Waals surface area contributed by atoms with Crippen LogP contribution in [0.4, 0.5) is 4.79 Å². The number of hydrogen-bond donors (Lipinski definition) is 0. The van der Waals surface area contributed by atoms with Gasteiger partial charge in [-0.25, -0.2) is 14.5 Å².